The van der Waals surface area contributed by atoms with Gasteiger partial charge in [-0.05, 0) is 51.1 Å². The van der Waals surface area contributed by atoms with Crippen molar-refractivity contribution in [2.24, 2.45) is 7.05 Å². The zero-order chi connectivity index (χ0) is 12.8. The van der Waals surface area contributed by atoms with Crippen molar-refractivity contribution in [2.45, 2.75) is 51.5 Å². The lowest BCUT2D eigenvalue weighted by molar-refractivity contribution is 0.480. The summed E-state index contributed by atoms with van der Waals surface area (Å²) in [5.41, 5.74) is 2.92. The van der Waals surface area contributed by atoms with Crippen molar-refractivity contribution < 1.29 is 0 Å². The van der Waals surface area contributed by atoms with E-state index in [9.17, 15) is 0 Å². The van der Waals surface area contributed by atoms with Gasteiger partial charge in [-0.2, -0.15) is 5.10 Å². The minimum atomic E-state index is 0.418. The van der Waals surface area contributed by atoms with Crippen molar-refractivity contribution >= 4 is 0 Å². The highest BCUT2D eigenvalue weighted by Gasteiger charge is 2.16. The molecular formula is C15H25N3. The number of hydrogen-bond donors (Lipinski definition) is 1. The molecular weight excluding hydrogens is 222 g/mol. The first-order valence-electron chi connectivity index (χ1n) is 7.20. The lowest BCUT2D eigenvalue weighted by atomic mass is 9.93. The minimum Gasteiger partial charge on any atom is -0.308 e. The summed E-state index contributed by atoms with van der Waals surface area (Å²) in [7, 11) is 2.03. The van der Waals surface area contributed by atoms with E-state index in [0.29, 0.717) is 6.04 Å². The number of hydrogen-bond acceptors (Lipinski definition) is 2. The van der Waals surface area contributed by atoms with Crippen LogP contribution in [0.2, 0.25) is 0 Å². The summed E-state index contributed by atoms with van der Waals surface area (Å²) in [4.78, 5) is 0. The van der Waals surface area contributed by atoms with Crippen LogP contribution in [0.1, 0.15) is 57.2 Å². The second kappa shape index (κ2) is 6.74. The first kappa shape index (κ1) is 13.3. The van der Waals surface area contributed by atoms with Gasteiger partial charge in [0.15, 0.2) is 0 Å². The van der Waals surface area contributed by atoms with Crippen molar-refractivity contribution in [2.75, 3.05) is 6.54 Å². The largest absolute Gasteiger partial charge is 0.308 e. The summed E-state index contributed by atoms with van der Waals surface area (Å²) >= 11 is 0. The van der Waals surface area contributed by atoms with Gasteiger partial charge < -0.3 is 5.32 Å². The normalized spacial score (nSPS) is 17.6. The van der Waals surface area contributed by atoms with Gasteiger partial charge in [0, 0.05) is 13.2 Å². The molecule has 1 aromatic heterocycles. The maximum Gasteiger partial charge on any atom is 0.0553 e. The number of allylic oxidation sites excluding steroid dienone is 1. The van der Waals surface area contributed by atoms with Crippen LogP contribution in [0.4, 0.5) is 0 Å². The minimum absolute atomic E-state index is 0.418. The Balaban J connectivity index is 2.05. The molecule has 0 saturated heterocycles. The molecule has 100 valence electrons. The van der Waals surface area contributed by atoms with Crippen LogP contribution in [0.15, 0.2) is 23.9 Å². The SMILES string of the molecule is CCCNC(CC1=CCCCC1)c1ccnn1C. The Hall–Kier alpha value is -1.09. The molecule has 18 heavy (non-hydrogen) atoms. The smallest absolute Gasteiger partial charge is 0.0553 e. The van der Waals surface area contributed by atoms with Crippen LogP contribution < -0.4 is 5.32 Å². The fraction of sp³-hybridized carbons (Fsp3) is 0.667. The summed E-state index contributed by atoms with van der Waals surface area (Å²) in [6.07, 6.45) is 11.9. The maximum absolute atomic E-state index is 4.30. The van der Waals surface area contributed by atoms with E-state index in [1.807, 2.05) is 17.9 Å². The summed E-state index contributed by atoms with van der Waals surface area (Å²) in [6.45, 7) is 3.29. The zero-order valence-electron chi connectivity index (χ0n) is 11.7. The zero-order valence-corrected chi connectivity index (χ0v) is 11.7. The van der Waals surface area contributed by atoms with E-state index in [4.69, 9.17) is 0 Å². The number of aromatic nitrogens is 2. The Kier molecular flexibility index (Phi) is 5.00. The summed E-state index contributed by atoms with van der Waals surface area (Å²) in [6, 6.07) is 2.55. The molecule has 1 N–H and O–H groups in total. The van der Waals surface area contributed by atoms with Crippen LogP contribution in [0, 0.1) is 0 Å². The Labute approximate surface area is 110 Å². The van der Waals surface area contributed by atoms with Crippen LogP contribution in [-0.2, 0) is 7.05 Å². The maximum atomic E-state index is 4.30. The van der Waals surface area contributed by atoms with Crippen molar-refractivity contribution in [1.82, 2.24) is 15.1 Å². The second-order valence-electron chi connectivity index (χ2n) is 5.20. The number of nitrogens with one attached hydrogen (secondary N) is 1. The van der Waals surface area contributed by atoms with Crippen molar-refractivity contribution in [3.63, 3.8) is 0 Å². The lowest BCUT2D eigenvalue weighted by Crippen LogP contribution is -2.25. The fourth-order valence-electron chi connectivity index (χ4n) is 2.68. The summed E-state index contributed by atoms with van der Waals surface area (Å²) < 4.78 is 2.00. The third-order valence-electron chi connectivity index (χ3n) is 3.71. The molecule has 1 atom stereocenters. The summed E-state index contributed by atoms with van der Waals surface area (Å²) in [5.74, 6) is 0. The van der Waals surface area contributed by atoms with E-state index in [2.05, 4.69) is 29.5 Å². The quantitative estimate of drug-likeness (QED) is 0.781. The molecule has 0 fully saturated rings. The molecule has 0 radical (unpaired) electrons. The van der Waals surface area contributed by atoms with Gasteiger partial charge >= 0.3 is 0 Å². The molecule has 1 aromatic rings. The third kappa shape index (κ3) is 3.45. The van der Waals surface area contributed by atoms with Gasteiger partial charge in [-0.15, -0.1) is 0 Å². The highest BCUT2D eigenvalue weighted by molar-refractivity contribution is 5.14. The molecule has 0 bridgehead atoms. The molecule has 1 aliphatic rings. The molecule has 1 unspecified atom stereocenters. The molecule has 3 heteroatoms. The van der Waals surface area contributed by atoms with Gasteiger partial charge in [0.25, 0.3) is 0 Å². The van der Waals surface area contributed by atoms with Crippen LogP contribution in [0.3, 0.4) is 0 Å². The second-order valence-corrected chi connectivity index (χ2v) is 5.20. The molecule has 0 aliphatic heterocycles. The first-order chi connectivity index (χ1) is 8.81. The Morgan fingerprint density at radius 1 is 1.44 bits per heavy atom. The average molecular weight is 247 g/mol. The standard InChI is InChI=1S/C15H25N3/c1-3-10-16-14(15-9-11-17-18(15)2)12-13-7-5-4-6-8-13/h7,9,11,14,16H,3-6,8,10,12H2,1-2H3. The number of nitrogens with zero attached hydrogens (tertiary/aromatic N) is 2. The van der Waals surface area contributed by atoms with E-state index in [1.165, 1.54) is 37.8 Å². The highest BCUT2D eigenvalue weighted by atomic mass is 15.3. The Bertz CT molecular complexity index is 392. The van der Waals surface area contributed by atoms with Crippen molar-refractivity contribution in [3.05, 3.63) is 29.6 Å². The molecule has 0 saturated carbocycles. The molecule has 2 rings (SSSR count). The van der Waals surface area contributed by atoms with Gasteiger partial charge in [-0.1, -0.05) is 18.6 Å². The van der Waals surface area contributed by atoms with Crippen LogP contribution in [0.25, 0.3) is 0 Å². The average Bonchev–Trinajstić information content (AvgIpc) is 2.82. The van der Waals surface area contributed by atoms with E-state index in [0.717, 1.165) is 13.0 Å². The van der Waals surface area contributed by atoms with E-state index in [1.54, 1.807) is 5.57 Å². The molecule has 0 aromatic carbocycles. The van der Waals surface area contributed by atoms with Crippen LogP contribution >= 0.6 is 0 Å². The molecule has 3 nitrogen and oxygen atoms in total. The van der Waals surface area contributed by atoms with Gasteiger partial charge in [0.1, 0.15) is 0 Å². The number of aryl methyl sites for hydroxylation is 1. The highest BCUT2D eigenvalue weighted by Crippen LogP contribution is 2.27. The van der Waals surface area contributed by atoms with E-state index in [-0.39, 0.29) is 0 Å². The van der Waals surface area contributed by atoms with E-state index < -0.39 is 0 Å². The Morgan fingerprint density at radius 2 is 2.33 bits per heavy atom. The predicted molar refractivity (Wildman–Crippen MR) is 75.4 cm³/mol. The third-order valence-corrected chi connectivity index (χ3v) is 3.71. The number of rotatable bonds is 6. The van der Waals surface area contributed by atoms with Crippen LogP contribution in [0.5, 0.6) is 0 Å². The monoisotopic (exact) mass is 247 g/mol. The van der Waals surface area contributed by atoms with Gasteiger partial charge in [0.2, 0.25) is 0 Å². The van der Waals surface area contributed by atoms with Crippen LogP contribution in [-0.4, -0.2) is 16.3 Å². The van der Waals surface area contributed by atoms with Gasteiger partial charge in [-0.25, -0.2) is 0 Å². The lowest BCUT2D eigenvalue weighted by Gasteiger charge is -2.22. The van der Waals surface area contributed by atoms with Crippen molar-refractivity contribution in [3.8, 4) is 0 Å². The van der Waals surface area contributed by atoms with Gasteiger partial charge in [-0.3, -0.25) is 4.68 Å². The summed E-state index contributed by atoms with van der Waals surface area (Å²) in [5, 5.41) is 7.95. The Morgan fingerprint density at radius 3 is 2.94 bits per heavy atom. The van der Waals surface area contributed by atoms with Gasteiger partial charge in [0.05, 0.1) is 11.7 Å². The molecule has 1 aliphatic carbocycles. The molecule has 0 amide bonds. The van der Waals surface area contributed by atoms with Crippen molar-refractivity contribution in [1.29, 1.82) is 0 Å². The molecule has 0 spiro atoms. The predicted octanol–water partition coefficient (Wildman–Crippen LogP) is 3.35. The first-order valence-corrected chi connectivity index (χ1v) is 7.20. The fourth-order valence-corrected chi connectivity index (χ4v) is 2.68. The topological polar surface area (TPSA) is 29.9 Å². The molecule has 1 heterocycles. The van der Waals surface area contributed by atoms with E-state index >= 15 is 0 Å².